The van der Waals surface area contributed by atoms with Gasteiger partial charge in [-0.3, -0.25) is 9.59 Å². The quantitative estimate of drug-likeness (QED) is 0.637. The first-order chi connectivity index (χ1) is 11.7. The zero-order valence-corrected chi connectivity index (χ0v) is 13.2. The van der Waals surface area contributed by atoms with E-state index >= 15 is 0 Å². The average Bonchev–Trinajstić information content (AvgIpc) is 3.18. The number of nitrogens with zero attached hydrogens (tertiary/aromatic N) is 1. The molecule has 1 aromatic carbocycles. The number of carbonyl (C=O) groups is 2. The van der Waals surface area contributed by atoms with Crippen LogP contribution in [0.5, 0.6) is 0 Å². The second-order valence-corrected chi connectivity index (χ2v) is 6.64. The molecule has 0 aromatic heterocycles. The number of amides is 2. The number of aliphatic hydroxyl groups excluding tert-OH is 1. The maximum atomic E-state index is 13.1. The highest BCUT2D eigenvalue weighted by atomic mass is 35.5. The van der Waals surface area contributed by atoms with Gasteiger partial charge in [-0.1, -0.05) is 23.8 Å². The molecular weight excluding hydrogens is 363 g/mol. The molecule has 2 amide bonds. The van der Waals surface area contributed by atoms with E-state index in [4.69, 9.17) is 16.3 Å². The number of fused-ring (bicyclic) bond motifs is 5. The molecule has 3 aliphatic rings. The lowest BCUT2D eigenvalue weighted by atomic mass is 9.77. The zero-order valence-electron chi connectivity index (χ0n) is 12.5. The third-order valence-electron chi connectivity index (χ3n) is 4.92. The van der Waals surface area contributed by atoms with Gasteiger partial charge >= 0.3 is 6.18 Å². The Morgan fingerprint density at radius 2 is 2.00 bits per heavy atom. The lowest BCUT2D eigenvalue weighted by Crippen LogP contribution is -2.43. The van der Waals surface area contributed by atoms with Gasteiger partial charge in [-0.25, -0.2) is 4.90 Å². The Hall–Kier alpha value is -1.90. The van der Waals surface area contributed by atoms with Crippen LogP contribution in [0.2, 0.25) is 5.02 Å². The van der Waals surface area contributed by atoms with E-state index in [1.165, 1.54) is 12.1 Å². The molecule has 2 saturated heterocycles. The minimum absolute atomic E-state index is 0.200. The number of benzene rings is 1. The molecule has 0 saturated carbocycles. The third kappa shape index (κ3) is 2.11. The van der Waals surface area contributed by atoms with Crippen molar-refractivity contribution < 1.29 is 32.6 Å². The summed E-state index contributed by atoms with van der Waals surface area (Å²) in [4.78, 5) is 26.2. The number of hydrogen-bond acceptors (Lipinski definition) is 4. The third-order valence-corrected chi connectivity index (χ3v) is 5.25. The van der Waals surface area contributed by atoms with Gasteiger partial charge in [0.15, 0.2) is 0 Å². The van der Waals surface area contributed by atoms with E-state index in [-0.39, 0.29) is 5.69 Å². The summed E-state index contributed by atoms with van der Waals surface area (Å²) in [5.74, 6) is -3.14. The molecule has 0 aliphatic carbocycles. The minimum atomic E-state index is -4.72. The van der Waals surface area contributed by atoms with Crippen molar-refractivity contribution in [2.75, 3.05) is 11.5 Å². The molecule has 3 heterocycles. The van der Waals surface area contributed by atoms with E-state index in [1.54, 1.807) is 6.08 Å². The largest absolute Gasteiger partial charge is 0.417 e. The molecule has 4 atom stereocenters. The van der Waals surface area contributed by atoms with E-state index in [2.05, 4.69) is 0 Å². The number of ether oxygens (including phenoxy) is 1. The average molecular weight is 374 g/mol. The van der Waals surface area contributed by atoms with Gasteiger partial charge in [0.05, 0.1) is 40.8 Å². The molecule has 2 fully saturated rings. The van der Waals surface area contributed by atoms with E-state index in [1.807, 2.05) is 0 Å². The molecule has 25 heavy (non-hydrogen) atoms. The molecule has 2 bridgehead atoms. The number of anilines is 1. The number of hydrogen-bond donors (Lipinski definition) is 1. The summed E-state index contributed by atoms with van der Waals surface area (Å²) in [7, 11) is 0. The Morgan fingerprint density at radius 3 is 2.64 bits per heavy atom. The Kier molecular flexibility index (Phi) is 3.35. The van der Waals surface area contributed by atoms with Crippen LogP contribution in [-0.2, 0) is 20.5 Å². The Morgan fingerprint density at radius 1 is 1.28 bits per heavy atom. The van der Waals surface area contributed by atoms with Gasteiger partial charge in [0.25, 0.3) is 0 Å². The predicted molar refractivity (Wildman–Crippen MR) is 79.8 cm³/mol. The zero-order chi connectivity index (χ0) is 18.1. The van der Waals surface area contributed by atoms with Gasteiger partial charge in [0.1, 0.15) is 5.60 Å². The summed E-state index contributed by atoms with van der Waals surface area (Å²) in [5.41, 5.74) is -2.62. The lowest BCUT2D eigenvalue weighted by molar-refractivity contribution is -0.137. The SMILES string of the molecule is O=C1[C@@H]2[C@@H](C(=O)N1c1ccc(Cl)c(C(F)(F)F)c1)[C@]1(CO)C=C[C@H]2O1. The highest BCUT2D eigenvalue weighted by Crippen LogP contribution is 2.52. The number of imide groups is 1. The van der Waals surface area contributed by atoms with Gasteiger partial charge < -0.3 is 9.84 Å². The van der Waals surface area contributed by atoms with Crippen LogP contribution in [0.3, 0.4) is 0 Å². The fraction of sp³-hybridized carbons (Fsp3) is 0.375. The van der Waals surface area contributed by atoms with Crippen molar-refractivity contribution in [1.82, 2.24) is 0 Å². The molecule has 1 N–H and O–H groups in total. The van der Waals surface area contributed by atoms with Crippen molar-refractivity contribution in [3.8, 4) is 0 Å². The van der Waals surface area contributed by atoms with Gasteiger partial charge in [-0.2, -0.15) is 13.2 Å². The van der Waals surface area contributed by atoms with Crippen LogP contribution in [0.25, 0.3) is 0 Å². The highest BCUT2D eigenvalue weighted by molar-refractivity contribution is 6.31. The molecule has 132 valence electrons. The number of carbonyl (C=O) groups excluding carboxylic acids is 2. The summed E-state index contributed by atoms with van der Waals surface area (Å²) >= 11 is 5.59. The Bertz CT molecular complexity index is 824. The molecular formula is C16H11ClF3NO4. The van der Waals surface area contributed by atoms with Crippen molar-refractivity contribution in [2.24, 2.45) is 11.8 Å². The fourth-order valence-corrected chi connectivity index (χ4v) is 4.03. The molecule has 1 aromatic rings. The van der Waals surface area contributed by atoms with Crippen LogP contribution in [0, 0.1) is 11.8 Å². The van der Waals surface area contributed by atoms with Crippen LogP contribution in [0.15, 0.2) is 30.4 Å². The highest BCUT2D eigenvalue weighted by Gasteiger charge is 2.67. The summed E-state index contributed by atoms with van der Waals surface area (Å²) in [6, 6.07) is 2.87. The summed E-state index contributed by atoms with van der Waals surface area (Å²) < 4.78 is 44.7. The molecule has 9 heteroatoms. The Balaban J connectivity index is 1.77. The maximum absolute atomic E-state index is 13.1. The molecule has 4 rings (SSSR count). The normalized spacial score (nSPS) is 33.5. The monoisotopic (exact) mass is 373 g/mol. The summed E-state index contributed by atoms with van der Waals surface area (Å²) in [6.07, 6.45) is -2.26. The van der Waals surface area contributed by atoms with Gasteiger partial charge in [0.2, 0.25) is 11.8 Å². The smallest absolute Gasteiger partial charge is 0.393 e. The fourth-order valence-electron chi connectivity index (χ4n) is 3.81. The standard InChI is InChI=1S/C16H11ClF3NO4/c17-9-2-1-7(5-8(9)16(18,19)20)21-13(23)11-10-3-4-15(6-22,25-10)12(11)14(21)24/h1-5,10-12,22H,6H2/t10-,11+,12+,15-/m1/s1. The molecule has 3 aliphatic heterocycles. The minimum Gasteiger partial charge on any atom is -0.393 e. The Labute approximate surface area is 144 Å². The van der Waals surface area contributed by atoms with E-state index in [9.17, 15) is 27.9 Å². The predicted octanol–water partition coefficient (Wildman–Crippen LogP) is 2.16. The van der Waals surface area contributed by atoms with Crippen molar-refractivity contribution in [1.29, 1.82) is 0 Å². The number of alkyl halides is 3. The van der Waals surface area contributed by atoms with Crippen molar-refractivity contribution in [3.63, 3.8) is 0 Å². The summed E-state index contributed by atoms with van der Waals surface area (Å²) in [6.45, 7) is -0.498. The van der Waals surface area contributed by atoms with Crippen molar-refractivity contribution in [3.05, 3.63) is 40.9 Å². The van der Waals surface area contributed by atoms with Crippen LogP contribution in [0.4, 0.5) is 18.9 Å². The second kappa shape index (κ2) is 5.06. The molecule has 0 radical (unpaired) electrons. The van der Waals surface area contributed by atoms with Crippen LogP contribution >= 0.6 is 11.6 Å². The van der Waals surface area contributed by atoms with Gasteiger partial charge in [-0.05, 0) is 18.2 Å². The van der Waals surface area contributed by atoms with E-state index in [0.717, 1.165) is 11.0 Å². The molecule has 0 spiro atoms. The van der Waals surface area contributed by atoms with Crippen molar-refractivity contribution >= 4 is 29.1 Å². The van der Waals surface area contributed by atoms with E-state index < -0.39 is 58.7 Å². The van der Waals surface area contributed by atoms with Gasteiger partial charge in [0, 0.05) is 0 Å². The second-order valence-electron chi connectivity index (χ2n) is 6.23. The van der Waals surface area contributed by atoms with Crippen LogP contribution in [0.1, 0.15) is 5.56 Å². The lowest BCUT2D eigenvalue weighted by Gasteiger charge is -2.26. The van der Waals surface area contributed by atoms with Crippen LogP contribution in [-0.4, -0.2) is 35.2 Å². The number of rotatable bonds is 2. The van der Waals surface area contributed by atoms with E-state index in [0.29, 0.717) is 6.07 Å². The first kappa shape index (κ1) is 16.6. The van der Waals surface area contributed by atoms with Gasteiger partial charge in [-0.15, -0.1) is 0 Å². The summed E-state index contributed by atoms with van der Waals surface area (Å²) in [5, 5.41) is 9.09. The van der Waals surface area contributed by atoms with Crippen molar-refractivity contribution in [2.45, 2.75) is 17.9 Å². The molecule has 0 unspecified atom stereocenters. The van der Waals surface area contributed by atoms with Crippen LogP contribution < -0.4 is 4.90 Å². The first-order valence-corrected chi connectivity index (χ1v) is 7.80. The first-order valence-electron chi connectivity index (χ1n) is 7.42. The number of aliphatic hydroxyl groups is 1. The topological polar surface area (TPSA) is 66.8 Å². The maximum Gasteiger partial charge on any atom is 0.417 e. The molecule has 5 nitrogen and oxygen atoms in total. The number of halogens is 4.